The van der Waals surface area contributed by atoms with E-state index in [1.165, 1.54) is 23.9 Å². The highest BCUT2D eigenvalue weighted by Gasteiger charge is 2.55. The molecule has 2 bridgehead atoms. The zero-order valence-corrected chi connectivity index (χ0v) is 27.1. The molecule has 3 aliphatic rings. The molecule has 4 heterocycles. The summed E-state index contributed by atoms with van der Waals surface area (Å²) in [6.45, 7) is 3.89. The predicted octanol–water partition coefficient (Wildman–Crippen LogP) is 5.40. The number of carbonyl (C=O) groups is 3. The molecule has 11 nitrogen and oxygen atoms in total. The number of carbonyl (C=O) groups excluding carboxylic acids is 3. The van der Waals surface area contributed by atoms with Gasteiger partial charge in [-0.25, -0.2) is 8.78 Å². The summed E-state index contributed by atoms with van der Waals surface area (Å²) in [4.78, 5) is 62.3. The lowest BCUT2D eigenvalue weighted by molar-refractivity contribution is -0.134. The molecule has 2 aromatic rings. The highest BCUT2D eigenvalue weighted by Crippen LogP contribution is 2.46. The van der Waals surface area contributed by atoms with Crippen molar-refractivity contribution < 1.29 is 37.5 Å². The summed E-state index contributed by atoms with van der Waals surface area (Å²) in [6, 6.07) is 2.09. The summed E-state index contributed by atoms with van der Waals surface area (Å²) in [5.74, 6) is -3.88. The second kappa shape index (κ2) is 14.6. The monoisotopic (exact) mass is 656 g/mol. The molecule has 1 aromatic carbocycles. The van der Waals surface area contributed by atoms with E-state index in [4.69, 9.17) is 14.3 Å². The molecule has 254 valence electrons. The van der Waals surface area contributed by atoms with Crippen molar-refractivity contribution in [3.8, 4) is 5.75 Å². The van der Waals surface area contributed by atoms with E-state index in [9.17, 15) is 28.0 Å². The molecule has 47 heavy (non-hydrogen) atoms. The van der Waals surface area contributed by atoms with Gasteiger partial charge in [0, 0.05) is 43.4 Å². The predicted molar refractivity (Wildman–Crippen MR) is 168 cm³/mol. The van der Waals surface area contributed by atoms with Gasteiger partial charge in [0.25, 0.3) is 11.8 Å². The number of aromatic nitrogens is 1. The molecule has 0 unspecified atom stereocenters. The molecule has 1 fully saturated rings. The zero-order chi connectivity index (χ0) is 33.7. The Morgan fingerprint density at radius 2 is 1.87 bits per heavy atom. The summed E-state index contributed by atoms with van der Waals surface area (Å²) >= 11 is 0. The number of fused-ring (bicyclic) bond motifs is 5. The lowest BCUT2D eigenvalue weighted by Gasteiger charge is -2.41. The Morgan fingerprint density at radius 1 is 1.13 bits per heavy atom. The van der Waals surface area contributed by atoms with Gasteiger partial charge >= 0.3 is 5.97 Å². The summed E-state index contributed by atoms with van der Waals surface area (Å²) < 4.78 is 40.3. The first kappa shape index (κ1) is 34.1. The number of hydrogen-bond donors (Lipinski definition) is 1. The molecule has 2 amide bonds. The van der Waals surface area contributed by atoms with Crippen molar-refractivity contribution in [2.45, 2.75) is 109 Å². The van der Waals surface area contributed by atoms with Gasteiger partial charge in [-0.15, -0.1) is 0 Å². The lowest BCUT2D eigenvalue weighted by Crippen LogP contribution is -2.52. The van der Waals surface area contributed by atoms with Gasteiger partial charge in [-0.05, 0) is 32.3 Å². The van der Waals surface area contributed by atoms with Crippen LogP contribution in [0.3, 0.4) is 0 Å². The summed E-state index contributed by atoms with van der Waals surface area (Å²) in [5, 5.41) is 6.62. The third-order valence-electron chi connectivity index (χ3n) is 9.40. The van der Waals surface area contributed by atoms with E-state index < -0.39 is 57.8 Å². The van der Waals surface area contributed by atoms with E-state index in [2.05, 4.69) is 17.4 Å². The number of hydrogen-bond acceptors (Lipinski definition) is 8. The molecule has 0 radical (unpaired) electrons. The molecule has 3 aliphatic heterocycles. The average Bonchev–Trinajstić information content (AvgIpc) is 3.43. The van der Waals surface area contributed by atoms with Gasteiger partial charge in [0.15, 0.2) is 11.3 Å². The topological polar surface area (TPSA) is 129 Å². The van der Waals surface area contributed by atoms with Crippen LogP contribution in [-0.2, 0) is 20.9 Å². The van der Waals surface area contributed by atoms with Gasteiger partial charge in [-0.2, -0.15) is 0 Å². The maximum atomic E-state index is 14.3. The fourth-order valence-corrected chi connectivity index (χ4v) is 6.60. The normalized spacial score (nSPS) is 21.5. The molecule has 1 aromatic heterocycles. The molecule has 0 saturated carbocycles. The number of pyridine rings is 1. The SMILES string of the molecule is CCCCCCCCCC(=O)Oc1c2n(cc(C(=O)NCc3ccc(F)cc3F)c1=O)[C@@H]1CN(C2=O)[C@@H](C)CC[C@]12CC(OC)=NO2. The first-order valence-electron chi connectivity index (χ1n) is 16.4. The third kappa shape index (κ3) is 7.18. The van der Waals surface area contributed by atoms with Gasteiger partial charge in [0.2, 0.25) is 17.1 Å². The summed E-state index contributed by atoms with van der Waals surface area (Å²) in [6.07, 6.45) is 9.47. The molecule has 5 rings (SSSR count). The molecule has 3 atom stereocenters. The minimum absolute atomic E-state index is 0.00489. The molecular weight excluding hydrogens is 614 g/mol. The number of methoxy groups -OCH3 is 1. The van der Waals surface area contributed by atoms with E-state index in [-0.39, 0.29) is 43.2 Å². The number of oxime groups is 1. The van der Waals surface area contributed by atoms with Crippen LogP contribution in [0.1, 0.15) is 117 Å². The Labute approximate surface area is 272 Å². The second-order valence-electron chi connectivity index (χ2n) is 12.6. The number of benzene rings is 1. The first-order valence-corrected chi connectivity index (χ1v) is 16.4. The molecular formula is C34H42F2N4O7. The number of esters is 1. The number of nitrogens with one attached hydrogen (secondary N) is 1. The van der Waals surface area contributed by atoms with Crippen LogP contribution in [0, 0.1) is 11.6 Å². The van der Waals surface area contributed by atoms with E-state index in [0.717, 1.165) is 44.6 Å². The van der Waals surface area contributed by atoms with Gasteiger partial charge in [0.1, 0.15) is 17.2 Å². The highest BCUT2D eigenvalue weighted by molar-refractivity contribution is 6.00. The van der Waals surface area contributed by atoms with E-state index in [0.29, 0.717) is 31.2 Å². The second-order valence-corrected chi connectivity index (χ2v) is 12.6. The van der Waals surface area contributed by atoms with Gasteiger partial charge in [-0.3, -0.25) is 19.2 Å². The van der Waals surface area contributed by atoms with Crippen LogP contribution >= 0.6 is 0 Å². The van der Waals surface area contributed by atoms with Crippen molar-refractivity contribution in [1.29, 1.82) is 0 Å². The van der Waals surface area contributed by atoms with Crippen LogP contribution in [0.5, 0.6) is 5.75 Å². The van der Waals surface area contributed by atoms with Crippen molar-refractivity contribution in [1.82, 2.24) is 14.8 Å². The molecule has 1 saturated heterocycles. The Hall–Kier alpha value is -4.29. The van der Waals surface area contributed by atoms with Crippen molar-refractivity contribution in [3.05, 3.63) is 63.1 Å². The van der Waals surface area contributed by atoms with E-state index >= 15 is 0 Å². The van der Waals surface area contributed by atoms with Gasteiger partial charge < -0.3 is 29.1 Å². The Balaban J connectivity index is 1.50. The van der Waals surface area contributed by atoms with E-state index in [1.807, 2.05) is 6.92 Å². The van der Waals surface area contributed by atoms with Crippen molar-refractivity contribution in [2.24, 2.45) is 5.16 Å². The minimum Gasteiger partial charge on any atom is -0.482 e. The van der Waals surface area contributed by atoms with Crippen molar-refractivity contribution in [3.63, 3.8) is 0 Å². The maximum Gasteiger partial charge on any atom is 0.311 e. The number of nitrogens with zero attached hydrogens (tertiary/aromatic N) is 3. The van der Waals surface area contributed by atoms with Crippen LogP contribution in [0.4, 0.5) is 8.78 Å². The fraction of sp³-hybridized carbons (Fsp3) is 0.559. The van der Waals surface area contributed by atoms with Gasteiger partial charge in [-0.1, -0.05) is 56.7 Å². The minimum atomic E-state index is -0.969. The highest BCUT2D eigenvalue weighted by atomic mass is 19.1. The first-order chi connectivity index (χ1) is 22.6. The summed E-state index contributed by atoms with van der Waals surface area (Å²) in [5.41, 5.74) is -2.47. The Bertz CT molecular complexity index is 1610. The Kier molecular flexibility index (Phi) is 10.6. The van der Waals surface area contributed by atoms with Crippen molar-refractivity contribution >= 4 is 23.7 Å². The van der Waals surface area contributed by atoms with Crippen LogP contribution in [0.15, 0.2) is 34.3 Å². The zero-order valence-electron chi connectivity index (χ0n) is 27.1. The van der Waals surface area contributed by atoms with Crippen molar-refractivity contribution in [2.75, 3.05) is 13.7 Å². The lowest BCUT2D eigenvalue weighted by atomic mass is 9.85. The molecule has 1 N–H and O–H groups in total. The fourth-order valence-electron chi connectivity index (χ4n) is 6.60. The van der Waals surface area contributed by atoms with E-state index in [1.54, 1.807) is 4.90 Å². The van der Waals surface area contributed by atoms with Crippen LogP contribution in [0.2, 0.25) is 0 Å². The standard InChI is InChI=1S/C34H42F2N4O7/c1-4-5-6-7-8-9-10-11-28(41)46-31-29-33(44)39-20-26(34(15-14-21(39)2)17-27(45-3)38-47-34)40(29)19-24(30(31)42)32(43)37-18-22-12-13-23(35)16-25(22)36/h12-13,16,19,21,26H,4-11,14-15,17-18,20H2,1-3H3,(H,37,43)/t21-,26+,34-/m0/s1. The average molecular weight is 657 g/mol. The van der Waals surface area contributed by atoms with Gasteiger partial charge in [0.05, 0.1) is 19.6 Å². The number of amides is 2. The number of halogens is 2. The Morgan fingerprint density at radius 3 is 2.57 bits per heavy atom. The number of rotatable bonds is 12. The largest absolute Gasteiger partial charge is 0.482 e. The molecule has 1 spiro atoms. The molecule has 0 aliphatic carbocycles. The molecule has 13 heteroatoms. The van der Waals surface area contributed by atoms with Crippen LogP contribution < -0.4 is 15.5 Å². The quantitative estimate of drug-likeness (QED) is 0.239. The number of unbranched alkanes of at least 4 members (excludes halogenated alkanes) is 6. The number of ether oxygens (including phenoxy) is 2. The summed E-state index contributed by atoms with van der Waals surface area (Å²) in [7, 11) is 1.48. The van der Waals surface area contributed by atoms with Crippen LogP contribution in [-0.4, -0.2) is 58.4 Å². The van der Waals surface area contributed by atoms with Crippen LogP contribution in [0.25, 0.3) is 0 Å². The third-order valence-corrected chi connectivity index (χ3v) is 9.40. The smallest absolute Gasteiger partial charge is 0.311 e. The maximum absolute atomic E-state index is 14.3.